The zero-order valence-corrected chi connectivity index (χ0v) is 11.1. The summed E-state index contributed by atoms with van der Waals surface area (Å²) in [5, 5.41) is 0. The third-order valence-electron chi connectivity index (χ3n) is 2.16. The Kier molecular flexibility index (Phi) is 4.89. The molecule has 0 fully saturated rings. The highest BCUT2D eigenvalue weighted by Crippen LogP contribution is 2.12. The van der Waals surface area contributed by atoms with Gasteiger partial charge in [-0.25, -0.2) is 4.79 Å². The molecular formula is C14H19NO3. The molecule has 98 valence electrons. The Morgan fingerprint density at radius 1 is 1.28 bits per heavy atom. The molecule has 0 aliphatic carbocycles. The quantitative estimate of drug-likeness (QED) is 0.771. The van der Waals surface area contributed by atoms with E-state index in [0.717, 1.165) is 5.56 Å². The number of ether oxygens (including phenoxy) is 1. The van der Waals surface area contributed by atoms with E-state index in [1.165, 1.54) is 4.90 Å². The molecule has 1 amide bonds. The Hall–Kier alpha value is -1.84. The Labute approximate surface area is 108 Å². The van der Waals surface area contributed by atoms with Gasteiger partial charge in [-0.2, -0.15) is 0 Å². The summed E-state index contributed by atoms with van der Waals surface area (Å²) in [6.07, 6.45) is 0.228. The average Bonchev–Trinajstić information content (AvgIpc) is 2.27. The number of rotatable bonds is 4. The number of carbonyl (C=O) groups excluding carboxylic acids is 2. The number of carbonyl (C=O) groups is 2. The molecule has 0 spiro atoms. The highest BCUT2D eigenvalue weighted by molar-refractivity contribution is 5.71. The topological polar surface area (TPSA) is 46.6 Å². The van der Waals surface area contributed by atoms with E-state index in [2.05, 4.69) is 0 Å². The lowest BCUT2D eigenvalue weighted by atomic mass is 10.2. The molecule has 0 N–H and O–H groups in total. The van der Waals surface area contributed by atoms with E-state index in [9.17, 15) is 9.59 Å². The molecule has 18 heavy (non-hydrogen) atoms. The summed E-state index contributed by atoms with van der Waals surface area (Å²) >= 11 is 0. The number of hydrogen-bond donors (Lipinski definition) is 0. The Morgan fingerprint density at radius 3 is 2.39 bits per heavy atom. The summed E-state index contributed by atoms with van der Waals surface area (Å²) in [4.78, 5) is 23.9. The lowest BCUT2D eigenvalue weighted by molar-refractivity contribution is -0.109. The fourth-order valence-electron chi connectivity index (χ4n) is 1.42. The molecule has 0 saturated carbocycles. The molecule has 0 bridgehead atoms. The first kappa shape index (κ1) is 14.2. The van der Waals surface area contributed by atoms with Crippen LogP contribution in [0.2, 0.25) is 0 Å². The molecule has 0 radical (unpaired) electrons. The molecule has 1 aromatic carbocycles. The smallest absolute Gasteiger partial charge is 0.410 e. The third-order valence-corrected chi connectivity index (χ3v) is 2.16. The second kappa shape index (κ2) is 6.19. The fraction of sp³-hybridized carbons (Fsp3) is 0.429. The van der Waals surface area contributed by atoms with Crippen LogP contribution in [0.3, 0.4) is 0 Å². The van der Waals surface area contributed by atoms with Gasteiger partial charge in [0, 0.05) is 6.54 Å². The van der Waals surface area contributed by atoms with Gasteiger partial charge in [0.25, 0.3) is 0 Å². The first-order chi connectivity index (χ1) is 8.42. The molecule has 0 saturated heterocycles. The molecule has 1 rings (SSSR count). The highest BCUT2D eigenvalue weighted by Gasteiger charge is 2.21. The van der Waals surface area contributed by atoms with E-state index in [1.54, 1.807) is 20.8 Å². The number of aldehydes is 1. The van der Waals surface area contributed by atoms with E-state index in [0.29, 0.717) is 12.8 Å². The lowest BCUT2D eigenvalue weighted by Crippen LogP contribution is -2.37. The predicted octanol–water partition coefficient (Wildman–Crippen LogP) is 2.62. The molecule has 0 aromatic heterocycles. The summed E-state index contributed by atoms with van der Waals surface area (Å²) in [5.74, 6) is 0. The van der Waals surface area contributed by atoms with Gasteiger partial charge < -0.3 is 9.53 Å². The van der Waals surface area contributed by atoms with Crippen molar-refractivity contribution >= 4 is 12.4 Å². The van der Waals surface area contributed by atoms with E-state index in [1.807, 2.05) is 30.3 Å². The van der Waals surface area contributed by atoms with Crippen LogP contribution >= 0.6 is 0 Å². The second-order valence-electron chi connectivity index (χ2n) is 5.01. The van der Waals surface area contributed by atoms with Crippen molar-refractivity contribution in [3.8, 4) is 0 Å². The fourth-order valence-corrected chi connectivity index (χ4v) is 1.42. The lowest BCUT2D eigenvalue weighted by Gasteiger charge is -2.26. The number of hydrogen-bond acceptors (Lipinski definition) is 3. The zero-order chi connectivity index (χ0) is 13.6. The molecule has 0 aliphatic heterocycles. The number of nitrogens with zero attached hydrogens (tertiary/aromatic N) is 1. The van der Waals surface area contributed by atoms with Crippen molar-refractivity contribution in [2.45, 2.75) is 32.9 Å². The largest absolute Gasteiger partial charge is 0.444 e. The van der Waals surface area contributed by atoms with Crippen LogP contribution in [-0.4, -0.2) is 29.4 Å². The minimum atomic E-state index is -0.561. The van der Waals surface area contributed by atoms with Crippen LogP contribution in [0.4, 0.5) is 4.79 Å². The maximum Gasteiger partial charge on any atom is 0.410 e. The number of amides is 1. The van der Waals surface area contributed by atoms with Crippen LogP contribution in [0.5, 0.6) is 0 Å². The number of benzene rings is 1. The summed E-state index contributed by atoms with van der Waals surface area (Å²) in [6.45, 7) is 5.80. The average molecular weight is 249 g/mol. The SMILES string of the molecule is CC(C)(C)OC(=O)N(CC=O)Cc1ccccc1. The predicted molar refractivity (Wildman–Crippen MR) is 69.2 cm³/mol. The minimum absolute atomic E-state index is 0.0316. The van der Waals surface area contributed by atoms with Gasteiger partial charge >= 0.3 is 6.09 Å². The third kappa shape index (κ3) is 4.99. The van der Waals surface area contributed by atoms with Gasteiger partial charge in [0.1, 0.15) is 11.9 Å². The van der Waals surface area contributed by atoms with Crippen molar-refractivity contribution < 1.29 is 14.3 Å². The normalized spacial score (nSPS) is 10.8. The maximum absolute atomic E-state index is 11.9. The van der Waals surface area contributed by atoms with Gasteiger partial charge in [0.2, 0.25) is 0 Å². The van der Waals surface area contributed by atoms with Gasteiger partial charge in [0.05, 0.1) is 6.54 Å². The minimum Gasteiger partial charge on any atom is -0.444 e. The van der Waals surface area contributed by atoms with E-state index >= 15 is 0 Å². The van der Waals surface area contributed by atoms with Crippen molar-refractivity contribution in [1.29, 1.82) is 0 Å². The van der Waals surface area contributed by atoms with Gasteiger partial charge in [-0.15, -0.1) is 0 Å². The monoisotopic (exact) mass is 249 g/mol. The van der Waals surface area contributed by atoms with Crippen molar-refractivity contribution in [2.75, 3.05) is 6.54 Å². The molecule has 0 heterocycles. The van der Waals surface area contributed by atoms with Crippen molar-refractivity contribution in [1.82, 2.24) is 4.90 Å². The van der Waals surface area contributed by atoms with E-state index < -0.39 is 11.7 Å². The van der Waals surface area contributed by atoms with E-state index in [-0.39, 0.29) is 6.54 Å². The molecule has 1 aromatic rings. The molecule has 4 nitrogen and oxygen atoms in total. The van der Waals surface area contributed by atoms with Crippen LogP contribution < -0.4 is 0 Å². The Morgan fingerprint density at radius 2 is 1.89 bits per heavy atom. The Bertz CT molecular complexity index is 395. The second-order valence-corrected chi connectivity index (χ2v) is 5.01. The highest BCUT2D eigenvalue weighted by atomic mass is 16.6. The summed E-state index contributed by atoms with van der Waals surface area (Å²) in [7, 11) is 0. The summed E-state index contributed by atoms with van der Waals surface area (Å²) in [5.41, 5.74) is 0.403. The van der Waals surface area contributed by atoms with Gasteiger partial charge in [-0.05, 0) is 26.3 Å². The van der Waals surface area contributed by atoms with Gasteiger partial charge in [-0.3, -0.25) is 4.90 Å². The molecule has 0 aliphatic rings. The van der Waals surface area contributed by atoms with Crippen LogP contribution in [0.1, 0.15) is 26.3 Å². The van der Waals surface area contributed by atoms with Crippen LogP contribution in [-0.2, 0) is 16.1 Å². The maximum atomic E-state index is 11.9. The van der Waals surface area contributed by atoms with Crippen molar-refractivity contribution in [3.05, 3.63) is 35.9 Å². The molecule has 0 unspecified atom stereocenters. The van der Waals surface area contributed by atoms with Crippen molar-refractivity contribution in [2.24, 2.45) is 0 Å². The summed E-state index contributed by atoms with van der Waals surface area (Å²) < 4.78 is 5.25. The summed E-state index contributed by atoms with van der Waals surface area (Å²) in [6, 6.07) is 9.50. The molecular weight excluding hydrogens is 230 g/mol. The molecule has 4 heteroatoms. The van der Waals surface area contributed by atoms with Crippen molar-refractivity contribution in [3.63, 3.8) is 0 Å². The first-order valence-electron chi connectivity index (χ1n) is 5.88. The van der Waals surface area contributed by atoms with Gasteiger partial charge in [0.15, 0.2) is 0 Å². The Balaban J connectivity index is 2.71. The van der Waals surface area contributed by atoms with Crippen LogP contribution in [0.15, 0.2) is 30.3 Å². The first-order valence-corrected chi connectivity index (χ1v) is 5.88. The molecule has 0 atom stereocenters. The van der Waals surface area contributed by atoms with Crippen LogP contribution in [0, 0.1) is 0 Å². The standard InChI is InChI=1S/C14H19NO3/c1-14(2,3)18-13(17)15(9-10-16)11-12-7-5-4-6-8-12/h4-8,10H,9,11H2,1-3H3. The van der Waals surface area contributed by atoms with E-state index in [4.69, 9.17) is 4.74 Å². The van der Waals surface area contributed by atoms with Gasteiger partial charge in [-0.1, -0.05) is 30.3 Å². The van der Waals surface area contributed by atoms with Crippen LogP contribution in [0.25, 0.3) is 0 Å². The zero-order valence-electron chi connectivity index (χ0n) is 11.1.